The van der Waals surface area contributed by atoms with Crippen LogP contribution in [-0.2, 0) is 0 Å². The lowest BCUT2D eigenvalue weighted by molar-refractivity contribution is 0.374. The smallest absolute Gasteiger partial charge is 0.259 e. The van der Waals surface area contributed by atoms with Crippen LogP contribution in [0, 0.1) is 16.1 Å². The first-order chi connectivity index (χ1) is 11.0. The molecule has 0 spiro atoms. The van der Waals surface area contributed by atoms with Crippen LogP contribution in [-0.4, -0.2) is 17.1 Å². The van der Waals surface area contributed by atoms with Gasteiger partial charge in [-0.2, -0.15) is 5.26 Å². The zero-order valence-electron chi connectivity index (χ0n) is 12.0. The zero-order chi connectivity index (χ0) is 16.6. The summed E-state index contributed by atoms with van der Waals surface area (Å²) in [5.74, 6) is 0.00768. The fraction of sp³-hybridized carbons (Fsp3) is 0.133. The van der Waals surface area contributed by atoms with Crippen LogP contribution in [0.3, 0.4) is 0 Å². The summed E-state index contributed by atoms with van der Waals surface area (Å²) in [6, 6.07) is 9.09. The first kappa shape index (κ1) is 14.9. The van der Waals surface area contributed by atoms with Crippen LogP contribution in [0.1, 0.15) is 17.0 Å². The number of nitrogens with zero attached hydrogens (tertiary/aromatic N) is 1. The number of hydrogen-bond acceptors (Lipinski definition) is 6. The van der Waals surface area contributed by atoms with Gasteiger partial charge in [-0.3, -0.25) is 9.78 Å². The molecular formula is C15H12N4O3S. The van der Waals surface area contributed by atoms with Crippen LogP contribution in [0.2, 0.25) is 0 Å². The van der Waals surface area contributed by atoms with Gasteiger partial charge < -0.3 is 20.2 Å². The number of nitrogens with two attached hydrogens (primary N) is 1. The largest absolute Gasteiger partial charge is 0.497 e. The van der Waals surface area contributed by atoms with E-state index in [4.69, 9.17) is 27.4 Å². The number of nitriles is 1. The summed E-state index contributed by atoms with van der Waals surface area (Å²) in [5.41, 5.74) is 6.49. The highest BCUT2D eigenvalue weighted by Gasteiger charge is 2.33. The molecule has 1 aliphatic rings. The lowest BCUT2D eigenvalue weighted by atomic mass is 9.85. The van der Waals surface area contributed by atoms with E-state index in [0.29, 0.717) is 11.3 Å². The third kappa shape index (κ3) is 2.47. The number of fused-ring (bicyclic) bond motifs is 1. The van der Waals surface area contributed by atoms with Crippen molar-refractivity contribution in [3.63, 3.8) is 0 Å². The van der Waals surface area contributed by atoms with Crippen molar-refractivity contribution in [3.05, 3.63) is 62.0 Å². The Balaban J connectivity index is 2.31. The molecule has 3 rings (SSSR count). The van der Waals surface area contributed by atoms with Crippen LogP contribution in [0.5, 0.6) is 11.6 Å². The monoisotopic (exact) mass is 328 g/mol. The normalized spacial score (nSPS) is 16.3. The SMILES string of the molecule is COc1cccc(C2C(C#N)=C(N)Oc3[nH]c(=S)[nH]c(=O)c32)c1. The van der Waals surface area contributed by atoms with Gasteiger partial charge in [-0.05, 0) is 29.9 Å². The second-order valence-electron chi connectivity index (χ2n) is 4.85. The van der Waals surface area contributed by atoms with Crippen molar-refractivity contribution in [3.8, 4) is 17.7 Å². The molecule has 0 saturated carbocycles. The number of hydrogen-bond donors (Lipinski definition) is 3. The van der Waals surface area contributed by atoms with Crippen molar-refractivity contribution in [1.82, 2.24) is 9.97 Å². The maximum absolute atomic E-state index is 12.4. The summed E-state index contributed by atoms with van der Waals surface area (Å²) in [4.78, 5) is 17.6. The Hall–Kier alpha value is -3.05. The third-order valence-electron chi connectivity index (χ3n) is 3.55. The molecule has 0 bridgehead atoms. The predicted octanol–water partition coefficient (Wildman–Crippen LogP) is 1.66. The van der Waals surface area contributed by atoms with Crippen LogP contribution in [0.15, 0.2) is 40.5 Å². The predicted molar refractivity (Wildman–Crippen MR) is 84.5 cm³/mol. The number of rotatable bonds is 2. The third-order valence-corrected chi connectivity index (χ3v) is 3.75. The maximum atomic E-state index is 12.4. The summed E-state index contributed by atoms with van der Waals surface area (Å²) in [7, 11) is 1.54. The Bertz CT molecular complexity index is 968. The van der Waals surface area contributed by atoms with Gasteiger partial charge in [-0.15, -0.1) is 0 Å². The van der Waals surface area contributed by atoms with E-state index in [1.165, 1.54) is 7.11 Å². The van der Waals surface area contributed by atoms with Gasteiger partial charge in [-0.25, -0.2) is 0 Å². The van der Waals surface area contributed by atoms with Gasteiger partial charge in [0.25, 0.3) is 5.56 Å². The van der Waals surface area contributed by atoms with Crippen molar-refractivity contribution in [2.45, 2.75) is 5.92 Å². The summed E-state index contributed by atoms with van der Waals surface area (Å²) in [5, 5.41) is 9.45. The molecule has 4 N–H and O–H groups in total. The molecule has 8 heteroatoms. The van der Waals surface area contributed by atoms with E-state index >= 15 is 0 Å². The number of ether oxygens (including phenoxy) is 2. The number of H-pyrrole nitrogens is 2. The first-order valence-electron chi connectivity index (χ1n) is 6.63. The highest BCUT2D eigenvalue weighted by Crippen LogP contribution is 2.39. The zero-order valence-corrected chi connectivity index (χ0v) is 12.9. The minimum atomic E-state index is -0.672. The minimum absolute atomic E-state index is 0.0657. The van der Waals surface area contributed by atoms with Gasteiger partial charge in [0.2, 0.25) is 11.8 Å². The maximum Gasteiger partial charge on any atom is 0.259 e. The average Bonchev–Trinajstić information content (AvgIpc) is 2.53. The standard InChI is InChI=1S/C15H12N4O3S/c1-21-8-4-2-3-7(5-8)10-9(6-16)12(17)22-14-11(10)13(20)18-15(23)19-14/h2-5,10H,17H2,1H3,(H2,18,19,20,23). The number of benzene rings is 1. The molecule has 1 aromatic carbocycles. The molecule has 1 atom stereocenters. The second kappa shape index (κ2) is 5.62. The Labute approximate surface area is 136 Å². The number of allylic oxidation sites excluding steroid dienone is 1. The van der Waals surface area contributed by atoms with E-state index in [2.05, 4.69) is 9.97 Å². The van der Waals surface area contributed by atoms with Gasteiger partial charge in [0.1, 0.15) is 17.4 Å². The van der Waals surface area contributed by atoms with E-state index in [1.54, 1.807) is 24.3 Å². The van der Waals surface area contributed by atoms with Gasteiger partial charge >= 0.3 is 0 Å². The summed E-state index contributed by atoms with van der Waals surface area (Å²) in [6.45, 7) is 0. The molecule has 2 heterocycles. The Kier molecular flexibility index (Phi) is 3.64. The fourth-order valence-corrected chi connectivity index (χ4v) is 2.73. The van der Waals surface area contributed by atoms with Crippen molar-refractivity contribution in [2.75, 3.05) is 7.11 Å². The molecule has 1 aliphatic heterocycles. The first-order valence-corrected chi connectivity index (χ1v) is 7.04. The molecule has 0 saturated heterocycles. The topological polar surface area (TPSA) is 117 Å². The fourth-order valence-electron chi connectivity index (χ4n) is 2.54. The van der Waals surface area contributed by atoms with E-state index in [0.717, 1.165) is 0 Å². The van der Waals surface area contributed by atoms with Crippen molar-refractivity contribution in [1.29, 1.82) is 5.26 Å². The van der Waals surface area contributed by atoms with E-state index in [9.17, 15) is 10.1 Å². The molecule has 0 aliphatic carbocycles. The number of nitrogens with one attached hydrogen (secondary N) is 2. The molecule has 116 valence electrons. The Morgan fingerprint density at radius 2 is 2.22 bits per heavy atom. The molecule has 7 nitrogen and oxygen atoms in total. The minimum Gasteiger partial charge on any atom is -0.497 e. The lowest BCUT2D eigenvalue weighted by Crippen LogP contribution is -2.28. The van der Waals surface area contributed by atoms with Gasteiger partial charge in [0.05, 0.1) is 18.6 Å². The number of aromatic nitrogens is 2. The van der Waals surface area contributed by atoms with Crippen LogP contribution < -0.4 is 20.8 Å². The average molecular weight is 328 g/mol. The molecule has 0 radical (unpaired) electrons. The van der Waals surface area contributed by atoms with E-state index in [-0.39, 0.29) is 27.7 Å². The van der Waals surface area contributed by atoms with Gasteiger partial charge in [0, 0.05) is 0 Å². The molecule has 23 heavy (non-hydrogen) atoms. The van der Waals surface area contributed by atoms with Gasteiger partial charge in [0.15, 0.2) is 4.77 Å². The van der Waals surface area contributed by atoms with Gasteiger partial charge in [-0.1, -0.05) is 12.1 Å². The molecule has 2 aromatic rings. The molecule has 1 aromatic heterocycles. The number of aromatic amines is 2. The quantitative estimate of drug-likeness (QED) is 0.722. The lowest BCUT2D eigenvalue weighted by Gasteiger charge is -2.25. The Morgan fingerprint density at radius 1 is 1.43 bits per heavy atom. The molecular weight excluding hydrogens is 316 g/mol. The van der Waals surface area contributed by atoms with Crippen molar-refractivity contribution < 1.29 is 9.47 Å². The summed E-state index contributed by atoms with van der Waals surface area (Å²) >= 11 is 4.94. The van der Waals surface area contributed by atoms with E-state index < -0.39 is 11.5 Å². The van der Waals surface area contributed by atoms with Crippen molar-refractivity contribution >= 4 is 12.2 Å². The highest BCUT2D eigenvalue weighted by atomic mass is 32.1. The molecule has 0 fully saturated rings. The molecule has 1 unspecified atom stereocenters. The van der Waals surface area contributed by atoms with Crippen LogP contribution in [0.25, 0.3) is 0 Å². The number of methoxy groups -OCH3 is 1. The molecule has 0 amide bonds. The van der Waals surface area contributed by atoms with Crippen molar-refractivity contribution in [2.24, 2.45) is 5.73 Å². The van der Waals surface area contributed by atoms with Crippen LogP contribution in [0.4, 0.5) is 0 Å². The second-order valence-corrected chi connectivity index (χ2v) is 5.26. The highest BCUT2D eigenvalue weighted by molar-refractivity contribution is 7.71. The van der Waals surface area contributed by atoms with Crippen LogP contribution >= 0.6 is 12.2 Å². The summed E-state index contributed by atoms with van der Waals surface area (Å²) < 4.78 is 10.7. The van der Waals surface area contributed by atoms with E-state index in [1.807, 2.05) is 6.07 Å². The summed E-state index contributed by atoms with van der Waals surface area (Å²) in [6.07, 6.45) is 0. The Morgan fingerprint density at radius 3 is 2.91 bits per heavy atom.